The third kappa shape index (κ3) is 18.2. The number of anilines is 2. The molecule has 3 saturated carbocycles. The Labute approximate surface area is 587 Å². The molecule has 0 radical (unpaired) electrons. The predicted molar refractivity (Wildman–Crippen MR) is 367 cm³/mol. The normalized spacial score (nSPS) is 26.0. The van der Waals surface area contributed by atoms with Crippen LogP contribution in [0.4, 0.5) is 29.7 Å². The largest absolute Gasteiger partial charge is 0.445 e. The van der Waals surface area contributed by atoms with Gasteiger partial charge in [0.05, 0.1) is 78.2 Å². The van der Waals surface area contributed by atoms with Crippen LogP contribution in [0.25, 0.3) is 0 Å². The molecule has 2 heterocycles. The zero-order chi connectivity index (χ0) is 72.5. The summed E-state index contributed by atoms with van der Waals surface area (Å²) in [5.74, 6) is -5.26. The van der Waals surface area contributed by atoms with Gasteiger partial charge in [-0.15, -0.1) is 0 Å². The van der Waals surface area contributed by atoms with Gasteiger partial charge in [-0.1, -0.05) is 94.8 Å². The van der Waals surface area contributed by atoms with Crippen LogP contribution in [0.3, 0.4) is 0 Å². The Morgan fingerprint density at radius 1 is 0.752 bits per heavy atom. The number of carbonyl (C=O) groups is 9. The minimum absolute atomic E-state index is 0.0186. The number of amides is 8. The summed E-state index contributed by atoms with van der Waals surface area (Å²) >= 11 is 0. The van der Waals surface area contributed by atoms with Crippen molar-refractivity contribution >= 4 is 64.6 Å². The number of aryl methyl sites for hydroxylation is 2. The van der Waals surface area contributed by atoms with Crippen molar-refractivity contribution in [3.8, 4) is 0 Å². The lowest BCUT2D eigenvalue weighted by Gasteiger charge is -2.63. The molecule has 9 N–H and O–H groups in total. The minimum atomic E-state index is -2.39. The van der Waals surface area contributed by atoms with Gasteiger partial charge >= 0.3 is 12.1 Å². The molecule has 9 rings (SSSR count). The van der Waals surface area contributed by atoms with Crippen molar-refractivity contribution in [1.29, 1.82) is 0 Å². The number of benzene rings is 3. The molecule has 0 bridgehead atoms. The summed E-state index contributed by atoms with van der Waals surface area (Å²) in [6, 6.07) is 19.4. The van der Waals surface area contributed by atoms with E-state index < -0.39 is 125 Å². The van der Waals surface area contributed by atoms with Crippen molar-refractivity contribution in [2.45, 2.75) is 173 Å². The van der Waals surface area contributed by atoms with E-state index in [0.717, 1.165) is 35.7 Å². The molecular weight excluding hydrogens is 1310 g/mol. The van der Waals surface area contributed by atoms with E-state index in [1.165, 1.54) is 24.6 Å². The van der Waals surface area contributed by atoms with E-state index in [0.29, 0.717) is 50.5 Å². The van der Waals surface area contributed by atoms with Crippen LogP contribution in [0.5, 0.6) is 0 Å². The van der Waals surface area contributed by atoms with E-state index in [2.05, 4.69) is 50.1 Å². The Hall–Kier alpha value is -8.05. The molecule has 0 aromatic heterocycles. The first-order chi connectivity index (χ1) is 48.4. The molecule has 25 nitrogen and oxygen atoms in total. The van der Waals surface area contributed by atoms with Crippen LogP contribution in [-0.2, 0) is 92.7 Å². The van der Waals surface area contributed by atoms with Crippen LogP contribution in [0.15, 0.2) is 96.6 Å². The second-order valence-electron chi connectivity index (χ2n) is 27.5. The monoisotopic (exact) mass is 1410 g/mol. The summed E-state index contributed by atoms with van der Waals surface area (Å²) in [5, 5.41) is 28.0. The van der Waals surface area contributed by atoms with Crippen LogP contribution in [-0.4, -0.2) is 179 Å². The molecule has 0 spiro atoms. The van der Waals surface area contributed by atoms with Crippen molar-refractivity contribution in [3.63, 3.8) is 0 Å². The summed E-state index contributed by atoms with van der Waals surface area (Å²) in [6.07, 6.45) is 0.391. The van der Waals surface area contributed by atoms with E-state index in [1.54, 1.807) is 49.9 Å². The zero-order valence-corrected chi connectivity index (χ0v) is 58.3. The number of ketones is 2. The van der Waals surface area contributed by atoms with E-state index in [9.17, 15) is 48.3 Å². The number of fused-ring (bicyclic) bond motifs is 9. The van der Waals surface area contributed by atoms with Crippen molar-refractivity contribution in [1.82, 2.24) is 26.6 Å². The fourth-order valence-electron chi connectivity index (χ4n) is 15.4. The molecule has 2 aliphatic heterocycles. The van der Waals surface area contributed by atoms with Gasteiger partial charge in [0.15, 0.2) is 29.1 Å². The lowest BCUT2D eigenvalue weighted by molar-refractivity contribution is -0.233. The first kappa shape index (κ1) is 77.1. The number of alkyl carbamates (subject to hydrolysis) is 1. The molecule has 6 aliphatic rings. The average molecular weight is 1410 g/mol. The summed E-state index contributed by atoms with van der Waals surface area (Å²) < 4.78 is 74.9. The number of hydrogen-bond acceptors (Lipinski definition) is 17. The SMILES string of the molecule is CCCC1O[C@@H]2C[C@H]3[C@@H]4C[C@H](F)C5=CC(=O)C=C[C@]5(C)[C@@]4(F)[C@@H](O)C[C@]3(C)[C@]2(C(=O)CNC(=O)OCc2ccc(NC(=O)[C@H](CCCNC(N)=O)NC(=O)[C@@H](NC(=O)CCOCCOCCOCCOCCNC(=O)CCC(=O)N3Cc4ccccc4CCc4ccccc43)C(C)C)cc2)O1. The first-order valence-electron chi connectivity index (χ1n) is 35.2. The number of primary amides is 1. The van der Waals surface area contributed by atoms with Crippen LogP contribution in [0.2, 0.25) is 0 Å². The number of nitrogens with one attached hydrogen (secondary N) is 6. The summed E-state index contributed by atoms with van der Waals surface area (Å²) in [6.45, 7) is 10.6. The van der Waals surface area contributed by atoms with Crippen LogP contribution < -0.4 is 42.5 Å². The van der Waals surface area contributed by atoms with Crippen molar-refractivity contribution < 1.29 is 90.2 Å². The van der Waals surface area contributed by atoms with E-state index in [-0.39, 0.29) is 121 Å². The number of allylic oxidation sites excluding steroid dienone is 4. The Morgan fingerprint density at radius 2 is 1.42 bits per heavy atom. The Bertz CT molecular complexity index is 3510. The number of nitrogens with two attached hydrogens (primary N) is 1. The maximum atomic E-state index is 17.9. The second kappa shape index (κ2) is 35.2. The molecule has 3 aromatic carbocycles. The van der Waals surface area contributed by atoms with Crippen molar-refractivity contribution in [2.75, 3.05) is 82.7 Å². The summed E-state index contributed by atoms with van der Waals surface area (Å²) in [5.41, 5.74) is 3.34. The third-order valence-corrected chi connectivity index (χ3v) is 20.6. The predicted octanol–water partition coefficient (Wildman–Crippen LogP) is 6.39. The number of aliphatic hydroxyl groups excluding tert-OH is 1. The number of halogens is 2. The number of aliphatic hydroxyl groups is 1. The van der Waals surface area contributed by atoms with Crippen LogP contribution in [0, 0.1) is 28.6 Å². The highest BCUT2D eigenvalue weighted by molar-refractivity contribution is 6.02. The molecule has 1 unspecified atom stereocenters. The fraction of sp³-hybridized carbons (Fsp3) is 0.581. The zero-order valence-electron chi connectivity index (χ0n) is 58.3. The minimum Gasteiger partial charge on any atom is -0.445 e. The molecule has 8 amide bonds. The number of urea groups is 1. The number of alkyl halides is 2. The van der Waals surface area contributed by atoms with Gasteiger partial charge in [-0.3, -0.25) is 33.6 Å². The molecule has 4 aliphatic carbocycles. The smallest absolute Gasteiger partial charge is 0.407 e. The lowest BCUT2D eigenvalue weighted by atomic mass is 9.44. The Morgan fingerprint density at radius 3 is 2.11 bits per heavy atom. The van der Waals surface area contributed by atoms with Gasteiger partial charge in [0.25, 0.3) is 0 Å². The number of ether oxygens (including phenoxy) is 7. The molecule has 27 heteroatoms. The maximum absolute atomic E-state index is 17.9. The van der Waals surface area contributed by atoms with Gasteiger partial charge in [0, 0.05) is 60.5 Å². The van der Waals surface area contributed by atoms with E-state index in [1.807, 2.05) is 37.3 Å². The number of rotatable bonds is 35. The average Bonchev–Trinajstić information content (AvgIpc) is 1.54. The van der Waals surface area contributed by atoms with Gasteiger partial charge in [-0.25, -0.2) is 18.4 Å². The summed E-state index contributed by atoms with van der Waals surface area (Å²) in [7, 11) is 0. The van der Waals surface area contributed by atoms with Crippen LogP contribution >= 0.6 is 0 Å². The maximum Gasteiger partial charge on any atom is 0.407 e. The van der Waals surface area contributed by atoms with Gasteiger partial charge in [0.1, 0.15) is 24.9 Å². The van der Waals surface area contributed by atoms with Gasteiger partial charge < -0.3 is 80.8 Å². The van der Waals surface area contributed by atoms with E-state index in [4.69, 9.17) is 38.9 Å². The van der Waals surface area contributed by atoms with E-state index >= 15 is 8.78 Å². The molecule has 3 aromatic rings. The Balaban J connectivity index is 0.646. The lowest BCUT2D eigenvalue weighted by Crippen LogP contribution is -2.71. The standard InChI is InChI=1S/C74H98F2N8O17/c1-6-12-65-100-61-41-53-54-40-56(75)55-39-52(85)26-28-71(55,4)73(54,76)59(86)42-72(53,5)74(61,101-65)60(87)43-80-70(94)99-45-47-18-22-51(23-19-47)81-67(91)57(16-11-29-79-69(77)93)82-68(92)66(46(2)3)83-63(89)27-31-95-33-35-97-37-38-98-36-34-96-32-30-78-62(88)24-25-64(90)84-44-50-15-8-7-13-48(50)20-21-49-14-9-10-17-58(49)84/h7-10,13-15,17-19,22-23,26,28,39,46,53-54,56-57,59,61,65-66,86H,6,11-12,16,20-21,24-25,27,29-38,40-45H2,1-5H3,(H,78,88)(H,80,94)(H,81,91)(H,82,92)(H,83,89)(H3,77,79,93)/t53-,54-,56-,57-,59-,61+,65?,66-,71-,72-,73-,74+/m0/s1. The van der Waals surface area contributed by atoms with Gasteiger partial charge in [-0.2, -0.15) is 0 Å². The fourth-order valence-corrected chi connectivity index (χ4v) is 15.4. The van der Waals surface area contributed by atoms with Crippen molar-refractivity contribution in [3.05, 3.63) is 119 Å². The third-order valence-electron chi connectivity index (χ3n) is 20.6. The number of nitrogens with zero attached hydrogens (tertiary/aromatic N) is 1. The molecule has 550 valence electrons. The highest BCUT2D eigenvalue weighted by Gasteiger charge is 2.80. The van der Waals surface area contributed by atoms with Crippen molar-refractivity contribution in [2.24, 2.45) is 34.3 Å². The first-order valence-corrected chi connectivity index (χ1v) is 35.2. The number of carbonyl (C=O) groups excluding carboxylic acids is 9. The number of para-hydroxylation sites is 1. The second-order valence-corrected chi connectivity index (χ2v) is 27.5. The summed E-state index contributed by atoms with van der Waals surface area (Å²) in [4.78, 5) is 120. The topological polar surface area (TPSA) is 340 Å². The Kier molecular flexibility index (Phi) is 26.9. The number of Topliss-reactive ketones (excluding diaryl/α,β-unsaturated/α-hetero) is 1. The highest BCUT2D eigenvalue weighted by atomic mass is 19.1. The van der Waals surface area contributed by atoms with Crippen LogP contribution in [0.1, 0.15) is 121 Å². The molecule has 12 atom stereocenters. The molecule has 101 heavy (non-hydrogen) atoms. The highest BCUT2D eigenvalue weighted by Crippen LogP contribution is 2.72. The quantitative estimate of drug-likeness (QED) is 0.0296. The van der Waals surface area contributed by atoms with Gasteiger partial charge in [-0.05, 0) is 128 Å². The number of hydrogen-bond donors (Lipinski definition) is 8. The molecule has 1 saturated heterocycles. The molecular formula is C74H98F2N8O17. The molecule has 4 fully saturated rings. The van der Waals surface area contributed by atoms with Gasteiger partial charge in [0.2, 0.25) is 29.5 Å².